The molecule has 5 heteroatoms. The molecule has 0 bridgehead atoms. The van der Waals surface area contributed by atoms with Gasteiger partial charge < -0.3 is 9.80 Å². The number of carbonyl (C=O) groups excluding carboxylic acids is 1. The highest BCUT2D eigenvalue weighted by molar-refractivity contribution is 7.22. The average molecular weight is 327 g/mol. The summed E-state index contributed by atoms with van der Waals surface area (Å²) in [5.41, 5.74) is 1.07. The van der Waals surface area contributed by atoms with Gasteiger partial charge in [0.25, 0.3) is 0 Å². The van der Waals surface area contributed by atoms with E-state index in [4.69, 9.17) is 4.98 Å². The van der Waals surface area contributed by atoms with E-state index in [-0.39, 0.29) is 0 Å². The van der Waals surface area contributed by atoms with E-state index in [1.165, 1.54) is 4.70 Å². The predicted octanol–water partition coefficient (Wildman–Crippen LogP) is 3.30. The molecule has 1 amide bonds. The summed E-state index contributed by atoms with van der Waals surface area (Å²) < 4.78 is 1.23. The van der Waals surface area contributed by atoms with Gasteiger partial charge in [0.2, 0.25) is 5.91 Å². The smallest absolute Gasteiger partial charge is 0.223 e. The zero-order chi connectivity index (χ0) is 15.6. The highest BCUT2D eigenvalue weighted by Gasteiger charge is 2.24. The Morgan fingerprint density at radius 1 is 1.22 bits per heavy atom. The molecule has 1 aliphatic carbocycles. The summed E-state index contributed by atoms with van der Waals surface area (Å²) >= 11 is 1.74. The zero-order valence-electron chi connectivity index (χ0n) is 13.1. The second-order valence-corrected chi connectivity index (χ2v) is 7.31. The Kier molecular flexibility index (Phi) is 4.04. The topological polar surface area (TPSA) is 36.4 Å². The first-order valence-corrected chi connectivity index (χ1v) is 9.16. The summed E-state index contributed by atoms with van der Waals surface area (Å²) in [5.74, 6) is 0.773. The maximum atomic E-state index is 12.4. The number of para-hydroxylation sites is 1. The standard InChI is InChI=1S/C18H21N3OS/c22-17(13-14-5-1-2-6-14)20-9-11-21(12-10-20)18-19-15-7-3-4-8-16(15)23-18/h1,3-5,7-8,14H,2,6,9-13H2/t14-/m1/s1. The molecule has 0 unspecified atom stereocenters. The molecule has 4 nitrogen and oxygen atoms in total. The van der Waals surface area contributed by atoms with Crippen LogP contribution in [-0.4, -0.2) is 42.0 Å². The van der Waals surface area contributed by atoms with E-state index in [1.54, 1.807) is 11.3 Å². The predicted molar refractivity (Wildman–Crippen MR) is 94.9 cm³/mol. The van der Waals surface area contributed by atoms with E-state index < -0.39 is 0 Å². The molecule has 0 radical (unpaired) electrons. The minimum absolute atomic E-state index is 0.311. The molecule has 120 valence electrons. The number of allylic oxidation sites excluding steroid dienone is 2. The SMILES string of the molecule is O=C(C[C@@H]1C=CCC1)N1CCN(c2nc3ccccc3s2)CC1. The molecule has 0 N–H and O–H groups in total. The second kappa shape index (κ2) is 6.32. The lowest BCUT2D eigenvalue weighted by molar-refractivity contribution is -0.132. The van der Waals surface area contributed by atoms with Gasteiger partial charge in [0.1, 0.15) is 0 Å². The third-order valence-corrected chi connectivity index (χ3v) is 5.83. The number of hydrogen-bond acceptors (Lipinski definition) is 4. The number of thiazole rings is 1. The van der Waals surface area contributed by atoms with Crippen molar-refractivity contribution < 1.29 is 4.79 Å². The van der Waals surface area contributed by atoms with Gasteiger partial charge in [-0.25, -0.2) is 4.98 Å². The molecule has 1 aromatic heterocycles. The van der Waals surface area contributed by atoms with Gasteiger partial charge in [0.15, 0.2) is 5.13 Å². The summed E-state index contributed by atoms with van der Waals surface area (Å²) in [6.07, 6.45) is 7.34. The van der Waals surface area contributed by atoms with E-state index in [2.05, 4.69) is 35.3 Å². The molecular weight excluding hydrogens is 306 g/mol. The van der Waals surface area contributed by atoms with Crippen LogP contribution in [0.15, 0.2) is 36.4 Å². The van der Waals surface area contributed by atoms with Crippen LogP contribution in [-0.2, 0) is 4.79 Å². The summed E-state index contributed by atoms with van der Waals surface area (Å²) in [6.45, 7) is 3.38. The van der Waals surface area contributed by atoms with Crippen molar-refractivity contribution in [3.8, 4) is 0 Å². The molecule has 4 rings (SSSR count). The number of rotatable bonds is 3. The Balaban J connectivity index is 1.36. The fourth-order valence-corrected chi connectivity index (χ4v) is 4.38. The largest absolute Gasteiger partial charge is 0.345 e. The Bertz CT molecular complexity index is 698. The fourth-order valence-electron chi connectivity index (χ4n) is 3.36. The van der Waals surface area contributed by atoms with Gasteiger partial charge in [-0.05, 0) is 30.9 Å². The number of hydrogen-bond donors (Lipinski definition) is 0. The molecule has 1 atom stereocenters. The van der Waals surface area contributed by atoms with E-state index in [9.17, 15) is 4.79 Å². The van der Waals surface area contributed by atoms with Crippen molar-refractivity contribution in [1.29, 1.82) is 0 Å². The quantitative estimate of drug-likeness (QED) is 0.812. The monoisotopic (exact) mass is 327 g/mol. The first-order chi connectivity index (χ1) is 11.3. The highest BCUT2D eigenvalue weighted by atomic mass is 32.1. The Morgan fingerprint density at radius 2 is 2.04 bits per heavy atom. The second-order valence-electron chi connectivity index (χ2n) is 6.30. The van der Waals surface area contributed by atoms with Crippen LogP contribution in [0, 0.1) is 5.92 Å². The van der Waals surface area contributed by atoms with Gasteiger partial charge in [-0.15, -0.1) is 0 Å². The lowest BCUT2D eigenvalue weighted by Crippen LogP contribution is -2.49. The zero-order valence-corrected chi connectivity index (χ0v) is 14.0. The molecule has 1 fully saturated rings. The van der Waals surface area contributed by atoms with Crippen molar-refractivity contribution in [2.24, 2.45) is 5.92 Å². The summed E-state index contributed by atoms with van der Waals surface area (Å²) in [6, 6.07) is 8.26. The first kappa shape index (κ1) is 14.7. The van der Waals surface area contributed by atoms with Crippen LogP contribution in [0.1, 0.15) is 19.3 Å². The van der Waals surface area contributed by atoms with Gasteiger partial charge >= 0.3 is 0 Å². The van der Waals surface area contributed by atoms with Crippen LogP contribution in [0.25, 0.3) is 10.2 Å². The number of aromatic nitrogens is 1. The average Bonchev–Trinajstić information content (AvgIpc) is 3.24. The van der Waals surface area contributed by atoms with Gasteiger partial charge in [0.05, 0.1) is 10.2 Å². The number of carbonyl (C=O) groups is 1. The summed E-state index contributed by atoms with van der Waals surface area (Å²) in [7, 11) is 0. The Morgan fingerprint density at radius 3 is 2.78 bits per heavy atom. The van der Waals surface area contributed by atoms with Crippen molar-refractivity contribution in [3.63, 3.8) is 0 Å². The van der Waals surface area contributed by atoms with Gasteiger partial charge in [-0.3, -0.25) is 4.79 Å². The number of nitrogens with zero attached hydrogens (tertiary/aromatic N) is 3. The minimum atomic E-state index is 0.311. The van der Waals surface area contributed by atoms with Crippen LogP contribution in [0.4, 0.5) is 5.13 Å². The van der Waals surface area contributed by atoms with Crippen LogP contribution >= 0.6 is 11.3 Å². The lowest BCUT2D eigenvalue weighted by atomic mass is 10.0. The summed E-state index contributed by atoms with van der Waals surface area (Å²) in [4.78, 5) is 21.5. The molecule has 1 aliphatic heterocycles. The molecule has 23 heavy (non-hydrogen) atoms. The molecule has 1 saturated heterocycles. The normalized spacial score (nSPS) is 21.3. The van der Waals surface area contributed by atoms with E-state index in [1.807, 2.05) is 11.0 Å². The number of amides is 1. The molecule has 0 spiro atoms. The van der Waals surface area contributed by atoms with E-state index in [0.29, 0.717) is 18.2 Å². The molecule has 2 aromatic rings. The molecule has 2 heterocycles. The third kappa shape index (κ3) is 3.11. The van der Waals surface area contributed by atoms with Crippen molar-refractivity contribution in [1.82, 2.24) is 9.88 Å². The lowest BCUT2D eigenvalue weighted by Gasteiger charge is -2.35. The maximum Gasteiger partial charge on any atom is 0.223 e. The van der Waals surface area contributed by atoms with Crippen molar-refractivity contribution in [3.05, 3.63) is 36.4 Å². The summed E-state index contributed by atoms with van der Waals surface area (Å²) in [5, 5.41) is 1.08. The third-order valence-electron chi connectivity index (χ3n) is 4.73. The maximum absolute atomic E-state index is 12.4. The van der Waals surface area contributed by atoms with Gasteiger partial charge in [-0.2, -0.15) is 0 Å². The molecule has 1 aromatic carbocycles. The van der Waals surface area contributed by atoms with Crippen LogP contribution < -0.4 is 4.90 Å². The van der Waals surface area contributed by atoms with Crippen molar-refractivity contribution >= 4 is 32.6 Å². The molecule has 2 aliphatic rings. The number of anilines is 1. The molecule has 0 saturated carbocycles. The van der Waals surface area contributed by atoms with Crippen molar-refractivity contribution in [2.45, 2.75) is 19.3 Å². The van der Waals surface area contributed by atoms with E-state index in [0.717, 1.165) is 49.7 Å². The highest BCUT2D eigenvalue weighted by Crippen LogP contribution is 2.29. The Hall–Kier alpha value is -1.88. The van der Waals surface area contributed by atoms with Crippen LogP contribution in [0.2, 0.25) is 0 Å². The van der Waals surface area contributed by atoms with Gasteiger partial charge in [-0.1, -0.05) is 35.6 Å². The minimum Gasteiger partial charge on any atom is -0.345 e. The fraction of sp³-hybridized carbons (Fsp3) is 0.444. The molecular formula is C18H21N3OS. The van der Waals surface area contributed by atoms with E-state index >= 15 is 0 Å². The number of benzene rings is 1. The Labute approximate surface area is 140 Å². The first-order valence-electron chi connectivity index (χ1n) is 8.34. The van der Waals surface area contributed by atoms with Crippen molar-refractivity contribution in [2.75, 3.05) is 31.1 Å². The number of fused-ring (bicyclic) bond motifs is 1. The van der Waals surface area contributed by atoms with Crippen LogP contribution in [0.3, 0.4) is 0 Å². The van der Waals surface area contributed by atoms with Gasteiger partial charge in [0, 0.05) is 32.6 Å². The number of piperazine rings is 1. The van der Waals surface area contributed by atoms with Crippen LogP contribution in [0.5, 0.6) is 0 Å².